The molecule has 2 atom stereocenters. The van der Waals surface area contributed by atoms with Gasteiger partial charge in [-0.05, 0) is 48.9 Å². The summed E-state index contributed by atoms with van der Waals surface area (Å²) in [5, 5.41) is 11.9. The summed E-state index contributed by atoms with van der Waals surface area (Å²) in [6, 6.07) is 7.44. The van der Waals surface area contributed by atoms with Crippen LogP contribution in [0.1, 0.15) is 23.5 Å². The zero-order valence-electron chi connectivity index (χ0n) is 14.0. The smallest absolute Gasteiger partial charge is 0.240 e. The molecule has 5 nitrogen and oxygen atoms in total. The number of nitriles is 1. The fraction of sp³-hybridized carbons (Fsp3) is 0.278. The van der Waals surface area contributed by atoms with Crippen LogP contribution in [0.25, 0.3) is 0 Å². The second kappa shape index (κ2) is 7.68. The molecule has 0 bridgehead atoms. The van der Waals surface area contributed by atoms with E-state index in [1.807, 2.05) is 0 Å². The molecule has 1 saturated heterocycles. The topological polar surface area (TPSA) is 82.0 Å². The van der Waals surface area contributed by atoms with E-state index < -0.39 is 33.5 Å². The lowest BCUT2D eigenvalue weighted by atomic mass is 9.86. The molecule has 1 aliphatic heterocycles. The van der Waals surface area contributed by atoms with Gasteiger partial charge in [-0.15, -0.1) is 0 Å². The number of nitrogens with zero attached hydrogens (tertiary/aromatic N) is 1. The molecule has 3 rings (SSSR count). The first kappa shape index (κ1) is 19.4. The van der Waals surface area contributed by atoms with Gasteiger partial charge in [0.2, 0.25) is 10.0 Å². The highest BCUT2D eigenvalue weighted by atomic mass is 32.2. The van der Waals surface area contributed by atoms with Crippen molar-refractivity contribution in [3.63, 3.8) is 0 Å². The first-order valence-corrected chi connectivity index (χ1v) is 9.68. The summed E-state index contributed by atoms with van der Waals surface area (Å²) in [6.45, 7) is 0.881. The fourth-order valence-electron chi connectivity index (χ4n) is 3.15. The molecule has 0 radical (unpaired) electrons. The minimum Gasteiger partial charge on any atom is -0.315 e. The van der Waals surface area contributed by atoms with Gasteiger partial charge in [-0.1, -0.05) is 6.07 Å². The van der Waals surface area contributed by atoms with Gasteiger partial charge in [-0.25, -0.2) is 26.3 Å². The van der Waals surface area contributed by atoms with Gasteiger partial charge in [0.05, 0.1) is 10.5 Å². The van der Waals surface area contributed by atoms with Crippen molar-refractivity contribution in [2.45, 2.75) is 23.3 Å². The molecular formula is C18H16F3N3O2S. The third kappa shape index (κ3) is 4.13. The highest BCUT2D eigenvalue weighted by molar-refractivity contribution is 7.89. The second-order valence-electron chi connectivity index (χ2n) is 6.25. The van der Waals surface area contributed by atoms with Crippen LogP contribution in [-0.2, 0) is 10.0 Å². The van der Waals surface area contributed by atoms with Crippen LogP contribution in [0.3, 0.4) is 0 Å². The normalized spacial score (nSPS) is 20.2. The van der Waals surface area contributed by atoms with Crippen LogP contribution in [0.15, 0.2) is 41.3 Å². The van der Waals surface area contributed by atoms with E-state index >= 15 is 0 Å². The van der Waals surface area contributed by atoms with Crippen molar-refractivity contribution < 1.29 is 21.6 Å². The average molecular weight is 395 g/mol. The lowest BCUT2D eigenvalue weighted by Crippen LogP contribution is -2.49. The third-order valence-electron chi connectivity index (χ3n) is 4.53. The highest BCUT2D eigenvalue weighted by Gasteiger charge is 2.31. The number of piperidine rings is 1. The standard InChI is InChI=1S/C18H16F3N3O2S/c19-15-4-2-13(7-12(15)9-22)27(25,26)24-18-10-23-6-5-14(18)11-1-3-16(20)17(21)8-11/h1-4,7-8,14,18,23-24H,5-6,10H2. The summed E-state index contributed by atoms with van der Waals surface area (Å²) in [6.07, 6.45) is 0.519. The van der Waals surface area contributed by atoms with Gasteiger partial charge < -0.3 is 5.32 Å². The molecule has 1 fully saturated rings. The van der Waals surface area contributed by atoms with E-state index in [-0.39, 0.29) is 22.9 Å². The molecule has 0 aromatic heterocycles. The van der Waals surface area contributed by atoms with Gasteiger partial charge >= 0.3 is 0 Å². The van der Waals surface area contributed by atoms with Gasteiger partial charge in [-0.3, -0.25) is 0 Å². The molecule has 0 aliphatic carbocycles. The van der Waals surface area contributed by atoms with Gasteiger partial charge in [0, 0.05) is 18.5 Å². The molecule has 0 spiro atoms. The Labute approximate surface area is 154 Å². The summed E-state index contributed by atoms with van der Waals surface area (Å²) < 4.78 is 68.1. The summed E-state index contributed by atoms with van der Waals surface area (Å²) in [4.78, 5) is -0.241. The zero-order valence-corrected chi connectivity index (χ0v) is 14.9. The van der Waals surface area contributed by atoms with Crippen molar-refractivity contribution in [1.29, 1.82) is 5.26 Å². The van der Waals surface area contributed by atoms with Crippen LogP contribution in [0.5, 0.6) is 0 Å². The minimum absolute atomic E-state index is 0.241. The monoisotopic (exact) mass is 395 g/mol. The maximum atomic E-state index is 13.6. The maximum absolute atomic E-state index is 13.6. The molecular weight excluding hydrogens is 379 g/mol. The second-order valence-corrected chi connectivity index (χ2v) is 7.97. The van der Waals surface area contributed by atoms with Crippen LogP contribution in [0.2, 0.25) is 0 Å². The Kier molecular flexibility index (Phi) is 5.51. The molecule has 2 unspecified atom stereocenters. The van der Waals surface area contributed by atoms with Crippen LogP contribution in [-0.4, -0.2) is 27.5 Å². The molecule has 9 heteroatoms. The Bertz CT molecular complexity index is 1010. The Morgan fingerprint density at radius 2 is 1.81 bits per heavy atom. The zero-order chi connectivity index (χ0) is 19.6. The number of sulfonamides is 1. The lowest BCUT2D eigenvalue weighted by Gasteiger charge is -2.33. The number of benzene rings is 2. The van der Waals surface area contributed by atoms with E-state index in [0.29, 0.717) is 18.5 Å². The van der Waals surface area contributed by atoms with Crippen molar-refractivity contribution >= 4 is 10.0 Å². The van der Waals surface area contributed by atoms with Gasteiger partial charge in [0.15, 0.2) is 11.6 Å². The minimum atomic E-state index is -4.04. The van der Waals surface area contributed by atoms with Crippen molar-refractivity contribution in [2.24, 2.45) is 0 Å². The van der Waals surface area contributed by atoms with E-state index in [4.69, 9.17) is 5.26 Å². The van der Waals surface area contributed by atoms with E-state index in [0.717, 1.165) is 30.3 Å². The third-order valence-corrected chi connectivity index (χ3v) is 6.02. The molecule has 2 aromatic carbocycles. The predicted molar refractivity (Wildman–Crippen MR) is 91.8 cm³/mol. The van der Waals surface area contributed by atoms with E-state index in [1.54, 1.807) is 6.07 Å². The molecule has 142 valence electrons. The summed E-state index contributed by atoms with van der Waals surface area (Å²) in [5.41, 5.74) is 0.108. The van der Waals surface area contributed by atoms with Crippen molar-refractivity contribution in [3.05, 3.63) is 65.0 Å². The summed E-state index contributed by atoms with van der Waals surface area (Å²) in [5.74, 6) is -3.15. The first-order chi connectivity index (χ1) is 12.8. The van der Waals surface area contributed by atoms with E-state index in [2.05, 4.69) is 10.0 Å². The Hall–Kier alpha value is -2.41. The molecule has 2 aromatic rings. The van der Waals surface area contributed by atoms with Crippen molar-refractivity contribution in [3.8, 4) is 6.07 Å². The summed E-state index contributed by atoms with van der Waals surface area (Å²) in [7, 11) is -4.04. The van der Waals surface area contributed by atoms with Crippen molar-refractivity contribution in [1.82, 2.24) is 10.0 Å². The molecule has 27 heavy (non-hydrogen) atoms. The molecule has 0 saturated carbocycles. The first-order valence-electron chi connectivity index (χ1n) is 8.19. The predicted octanol–water partition coefficient (Wildman–Crippen LogP) is 2.40. The lowest BCUT2D eigenvalue weighted by molar-refractivity contribution is 0.376. The largest absolute Gasteiger partial charge is 0.315 e. The van der Waals surface area contributed by atoms with Crippen molar-refractivity contribution in [2.75, 3.05) is 13.1 Å². The van der Waals surface area contributed by atoms with Gasteiger partial charge in [0.25, 0.3) is 0 Å². The van der Waals surface area contributed by atoms with Crippen LogP contribution in [0, 0.1) is 28.8 Å². The van der Waals surface area contributed by atoms with Crippen LogP contribution >= 0.6 is 0 Å². The van der Waals surface area contributed by atoms with E-state index in [9.17, 15) is 21.6 Å². The Balaban J connectivity index is 1.89. The molecule has 1 heterocycles. The molecule has 0 amide bonds. The van der Waals surface area contributed by atoms with Crippen LogP contribution < -0.4 is 10.0 Å². The Morgan fingerprint density at radius 3 is 2.52 bits per heavy atom. The number of hydrogen-bond acceptors (Lipinski definition) is 4. The van der Waals surface area contributed by atoms with Gasteiger partial charge in [-0.2, -0.15) is 5.26 Å². The maximum Gasteiger partial charge on any atom is 0.240 e. The van der Waals surface area contributed by atoms with Gasteiger partial charge in [0.1, 0.15) is 11.9 Å². The van der Waals surface area contributed by atoms with Crippen LogP contribution in [0.4, 0.5) is 13.2 Å². The number of rotatable bonds is 4. The number of nitrogens with one attached hydrogen (secondary N) is 2. The number of hydrogen-bond donors (Lipinski definition) is 2. The summed E-state index contributed by atoms with van der Waals surface area (Å²) >= 11 is 0. The average Bonchev–Trinajstić information content (AvgIpc) is 2.64. The number of halogens is 3. The molecule has 1 aliphatic rings. The SMILES string of the molecule is N#Cc1cc(S(=O)(=O)NC2CNCCC2c2ccc(F)c(F)c2)ccc1F. The highest BCUT2D eigenvalue weighted by Crippen LogP contribution is 2.28. The van der Waals surface area contributed by atoms with E-state index in [1.165, 1.54) is 6.07 Å². The molecule has 2 N–H and O–H groups in total. The Morgan fingerprint density at radius 1 is 1.07 bits per heavy atom. The fourth-order valence-corrected chi connectivity index (χ4v) is 4.45. The quantitative estimate of drug-likeness (QED) is 0.833.